The number of carbonyl (C=O) groups is 2. The number of phenolic OH excluding ortho intramolecular Hbond substituents is 1. The average molecular weight is 370 g/mol. The van der Waals surface area contributed by atoms with Crippen LogP contribution in [0.3, 0.4) is 0 Å². The molecule has 0 spiro atoms. The van der Waals surface area contributed by atoms with Gasteiger partial charge in [-0.05, 0) is 35.6 Å². The predicted molar refractivity (Wildman–Crippen MR) is 100 cm³/mol. The van der Waals surface area contributed by atoms with Crippen LogP contribution in [0.4, 0.5) is 0 Å². The Bertz CT molecular complexity index is 816. The third-order valence-electron chi connectivity index (χ3n) is 5.97. The zero-order valence-corrected chi connectivity index (χ0v) is 16.1. The van der Waals surface area contributed by atoms with Crippen LogP contribution in [0, 0.1) is 11.3 Å². The highest BCUT2D eigenvalue weighted by Gasteiger charge is 2.44. The van der Waals surface area contributed by atoms with Crippen LogP contribution in [0.1, 0.15) is 57.2 Å². The molecule has 6 heteroatoms. The Morgan fingerprint density at radius 1 is 1.26 bits per heavy atom. The van der Waals surface area contributed by atoms with Crippen molar-refractivity contribution in [3.05, 3.63) is 29.3 Å². The summed E-state index contributed by atoms with van der Waals surface area (Å²) in [6, 6.07) is 5.18. The summed E-state index contributed by atoms with van der Waals surface area (Å²) in [5, 5.41) is 13.9. The van der Waals surface area contributed by atoms with Gasteiger partial charge in [0.05, 0.1) is 6.04 Å². The van der Waals surface area contributed by atoms with E-state index in [9.17, 15) is 14.7 Å². The van der Waals surface area contributed by atoms with E-state index in [0.29, 0.717) is 37.9 Å². The molecule has 0 saturated heterocycles. The van der Waals surface area contributed by atoms with Gasteiger partial charge in [-0.25, -0.2) is 0 Å². The predicted octanol–water partition coefficient (Wildman–Crippen LogP) is 2.99. The van der Waals surface area contributed by atoms with Crippen LogP contribution in [-0.4, -0.2) is 40.1 Å². The topological polar surface area (TPSA) is 79.2 Å². The van der Waals surface area contributed by atoms with E-state index >= 15 is 0 Å². The molecular formula is C21H26N2O4. The minimum absolute atomic E-state index is 0.0860. The Balaban J connectivity index is 1.61. The van der Waals surface area contributed by atoms with Crippen molar-refractivity contribution in [1.82, 2.24) is 4.90 Å². The van der Waals surface area contributed by atoms with Gasteiger partial charge in [-0.3, -0.25) is 9.59 Å². The fourth-order valence-electron chi connectivity index (χ4n) is 4.26. The highest BCUT2D eigenvalue weighted by Crippen LogP contribution is 2.44. The number of phenols is 1. The molecule has 1 fully saturated rings. The quantitative estimate of drug-likeness (QED) is 0.868. The molecule has 144 valence electrons. The molecule has 1 N–H and O–H groups in total. The smallest absolute Gasteiger partial charge is 0.272 e. The molecule has 2 atom stereocenters. The fraction of sp³-hybridized carbons (Fsp3) is 0.571. The lowest BCUT2D eigenvalue weighted by Gasteiger charge is -2.44. The summed E-state index contributed by atoms with van der Waals surface area (Å²) in [7, 11) is 0. The van der Waals surface area contributed by atoms with Crippen LogP contribution in [-0.2, 0) is 20.8 Å². The molecule has 2 aliphatic heterocycles. The number of hydrogen-bond donors (Lipinski definition) is 1. The van der Waals surface area contributed by atoms with Crippen LogP contribution in [0.25, 0.3) is 0 Å². The van der Waals surface area contributed by atoms with E-state index in [1.54, 1.807) is 12.1 Å². The van der Waals surface area contributed by atoms with E-state index in [1.807, 2.05) is 11.0 Å². The number of oxime groups is 1. The number of hydrogen-bond acceptors (Lipinski definition) is 5. The second kappa shape index (κ2) is 6.36. The first-order chi connectivity index (χ1) is 12.7. The van der Waals surface area contributed by atoms with Crippen molar-refractivity contribution in [2.45, 2.75) is 58.6 Å². The first-order valence-electron chi connectivity index (χ1n) is 9.61. The van der Waals surface area contributed by atoms with Gasteiger partial charge in [0.25, 0.3) is 5.91 Å². The second-order valence-corrected chi connectivity index (χ2v) is 8.99. The molecule has 2 heterocycles. The molecule has 2 unspecified atom stereocenters. The molecular weight excluding hydrogens is 344 g/mol. The molecule has 0 aromatic heterocycles. The number of Topliss-reactive ketones (excluding diaryl/α,β-unsaturated/α-hetero) is 1. The minimum Gasteiger partial charge on any atom is -0.508 e. The molecule has 0 radical (unpaired) electrons. The van der Waals surface area contributed by atoms with Gasteiger partial charge >= 0.3 is 0 Å². The van der Waals surface area contributed by atoms with Crippen molar-refractivity contribution >= 4 is 17.4 Å². The SMILES string of the molecule is CC(C)(C)C1CC(C(=O)N2CCc3cc(O)ccc3C2C2CC(=O)C2)=NO1. The zero-order chi connectivity index (χ0) is 19.3. The highest BCUT2D eigenvalue weighted by molar-refractivity contribution is 6.39. The lowest BCUT2D eigenvalue weighted by atomic mass is 9.73. The summed E-state index contributed by atoms with van der Waals surface area (Å²) in [5.74, 6) is 0.516. The number of fused-ring (bicyclic) bond motifs is 1. The van der Waals surface area contributed by atoms with Gasteiger partial charge in [-0.2, -0.15) is 0 Å². The zero-order valence-electron chi connectivity index (χ0n) is 16.1. The van der Waals surface area contributed by atoms with Crippen LogP contribution < -0.4 is 0 Å². The Morgan fingerprint density at radius 3 is 2.63 bits per heavy atom. The van der Waals surface area contributed by atoms with Gasteiger partial charge in [-0.1, -0.05) is 32.0 Å². The third kappa shape index (κ3) is 3.22. The highest BCUT2D eigenvalue weighted by atomic mass is 16.6. The summed E-state index contributed by atoms with van der Waals surface area (Å²) in [5.41, 5.74) is 2.47. The van der Waals surface area contributed by atoms with E-state index in [4.69, 9.17) is 4.84 Å². The van der Waals surface area contributed by atoms with Crippen molar-refractivity contribution in [3.63, 3.8) is 0 Å². The van der Waals surface area contributed by atoms with E-state index in [1.165, 1.54) is 0 Å². The molecule has 1 amide bonds. The summed E-state index contributed by atoms with van der Waals surface area (Å²) in [4.78, 5) is 32.3. The summed E-state index contributed by atoms with van der Waals surface area (Å²) >= 11 is 0. The number of aromatic hydroxyl groups is 1. The van der Waals surface area contributed by atoms with Gasteiger partial charge in [0, 0.05) is 31.2 Å². The van der Waals surface area contributed by atoms with Crippen LogP contribution in [0.5, 0.6) is 5.75 Å². The Morgan fingerprint density at radius 2 is 2.00 bits per heavy atom. The Labute approximate surface area is 159 Å². The normalized spacial score (nSPS) is 25.5. The van der Waals surface area contributed by atoms with Crippen LogP contribution in [0.15, 0.2) is 23.4 Å². The van der Waals surface area contributed by atoms with Crippen molar-refractivity contribution in [1.29, 1.82) is 0 Å². The lowest BCUT2D eigenvalue weighted by Crippen LogP contribution is -2.48. The molecule has 1 aromatic carbocycles. The number of carbonyl (C=O) groups excluding carboxylic acids is 2. The maximum Gasteiger partial charge on any atom is 0.272 e. The standard InChI is InChI=1S/C21H26N2O4/c1-21(2,3)18-11-17(22-27-18)20(26)23-7-6-12-8-14(24)4-5-16(12)19(23)13-9-15(25)10-13/h4-5,8,13,18-19,24H,6-7,9-11H2,1-3H3. The maximum absolute atomic E-state index is 13.3. The molecule has 4 rings (SSSR count). The van der Waals surface area contributed by atoms with Crippen molar-refractivity contribution in [2.75, 3.05) is 6.54 Å². The van der Waals surface area contributed by atoms with Crippen molar-refractivity contribution < 1.29 is 19.5 Å². The molecule has 3 aliphatic rings. The number of amides is 1. The summed E-state index contributed by atoms with van der Waals surface area (Å²) in [6.07, 6.45) is 2.10. The first kappa shape index (κ1) is 18.0. The van der Waals surface area contributed by atoms with E-state index in [2.05, 4.69) is 25.9 Å². The third-order valence-corrected chi connectivity index (χ3v) is 5.97. The Kier molecular flexibility index (Phi) is 4.24. The minimum atomic E-state index is -0.143. The molecule has 1 aromatic rings. The summed E-state index contributed by atoms with van der Waals surface area (Å²) < 4.78 is 0. The van der Waals surface area contributed by atoms with Crippen molar-refractivity contribution in [2.24, 2.45) is 16.5 Å². The maximum atomic E-state index is 13.3. The van der Waals surface area contributed by atoms with Gasteiger partial charge < -0.3 is 14.8 Å². The van der Waals surface area contributed by atoms with Crippen LogP contribution >= 0.6 is 0 Å². The van der Waals surface area contributed by atoms with E-state index in [0.717, 1.165) is 11.1 Å². The molecule has 1 aliphatic carbocycles. The molecule has 6 nitrogen and oxygen atoms in total. The van der Waals surface area contributed by atoms with Crippen molar-refractivity contribution in [3.8, 4) is 5.75 Å². The molecule has 27 heavy (non-hydrogen) atoms. The number of ketones is 1. The van der Waals surface area contributed by atoms with Gasteiger partial charge in [0.1, 0.15) is 23.3 Å². The second-order valence-electron chi connectivity index (χ2n) is 8.99. The van der Waals surface area contributed by atoms with Gasteiger partial charge in [-0.15, -0.1) is 0 Å². The fourth-order valence-corrected chi connectivity index (χ4v) is 4.26. The van der Waals surface area contributed by atoms with Gasteiger partial charge in [0.2, 0.25) is 0 Å². The number of rotatable bonds is 2. The van der Waals surface area contributed by atoms with Crippen LogP contribution in [0.2, 0.25) is 0 Å². The van der Waals surface area contributed by atoms with E-state index < -0.39 is 0 Å². The molecule has 1 saturated carbocycles. The lowest BCUT2D eigenvalue weighted by molar-refractivity contribution is -0.136. The largest absolute Gasteiger partial charge is 0.508 e. The number of nitrogens with zero attached hydrogens (tertiary/aromatic N) is 2. The van der Waals surface area contributed by atoms with Gasteiger partial charge in [0.15, 0.2) is 0 Å². The number of benzene rings is 1. The first-order valence-corrected chi connectivity index (χ1v) is 9.61. The monoisotopic (exact) mass is 370 g/mol. The molecule has 0 bridgehead atoms. The average Bonchev–Trinajstić information content (AvgIpc) is 3.08. The Hall–Kier alpha value is -2.37. The van der Waals surface area contributed by atoms with E-state index in [-0.39, 0.29) is 40.9 Å². The summed E-state index contributed by atoms with van der Waals surface area (Å²) in [6.45, 7) is 6.79.